The van der Waals surface area contributed by atoms with Gasteiger partial charge in [0.1, 0.15) is 0 Å². The maximum absolute atomic E-state index is 5.63. The zero-order valence-electron chi connectivity index (χ0n) is 12.4. The average Bonchev–Trinajstić information content (AvgIpc) is 2.99. The Labute approximate surface area is 124 Å². The third-order valence-electron chi connectivity index (χ3n) is 3.30. The molecule has 1 atom stereocenters. The highest BCUT2D eigenvalue weighted by Gasteiger charge is 2.17. The van der Waals surface area contributed by atoms with Gasteiger partial charge in [0, 0.05) is 32.5 Å². The van der Waals surface area contributed by atoms with Crippen molar-refractivity contribution in [3.63, 3.8) is 0 Å². The lowest BCUT2D eigenvalue weighted by atomic mass is 10.3. The first kappa shape index (κ1) is 15.3. The van der Waals surface area contributed by atoms with E-state index < -0.39 is 0 Å². The highest BCUT2D eigenvalue weighted by Crippen LogP contribution is 2.23. The number of ether oxygens (including phenoxy) is 1. The molecule has 0 spiro atoms. The summed E-state index contributed by atoms with van der Waals surface area (Å²) in [5.41, 5.74) is 0. The Balaban J connectivity index is 2.08. The summed E-state index contributed by atoms with van der Waals surface area (Å²) in [5.74, 6) is 2.27. The Hall–Kier alpha value is -1.08. The molecule has 1 unspecified atom stereocenters. The summed E-state index contributed by atoms with van der Waals surface area (Å²) < 4.78 is 5.63. The van der Waals surface area contributed by atoms with Gasteiger partial charge in [-0.3, -0.25) is 0 Å². The number of hydrogen-bond acceptors (Lipinski definition) is 7. The zero-order chi connectivity index (χ0) is 14.4. The van der Waals surface area contributed by atoms with Crippen molar-refractivity contribution in [3.8, 4) is 0 Å². The highest BCUT2D eigenvalue weighted by atomic mass is 32.2. The minimum absolute atomic E-state index is 0.340. The molecule has 0 radical (unpaired) electrons. The smallest absolute Gasteiger partial charge is 0.231 e. The lowest BCUT2D eigenvalue weighted by Crippen LogP contribution is -2.25. The monoisotopic (exact) mass is 297 g/mol. The predicted molar refractivity (Wildman–Crippen MR) is 82.6 cm³/mol. The second kappa shape index (κ2) is 7.64. The Morgan fingerprint density at radius 2 is 2.10 bits per heavy atom. The fourth-order valence-electron chi connectivity index (χ4n) is 2.11. The van der Waals surface area contributed by atoms with Gasteiger partial charge in [-0.1, -0.05) is 11.8 Å². The molecule has 0 saturated carbocycles. The van der Waals surface area contributed by atoms with Crippen LogP contribution in [0.2, 0.25) is 0 Å². The SMILES string of the molecule is CCN(CC)c1nc(NC)nc(SCC2CCCO2)n1. The van der Waals surface area contributed by atoms with Crippen molar-refractivity contribution in [2.45, 2.75) is 37.9 Å². The molecule has 1 aliphatic heterocycles. The molecule has 1 aromatic rings. The summed E-state index contributed by atoms with van der Waals surface area (Å²) in [6.07, 6.45) is 2.64. The van der Waals surface area contributed by atoms with Crippen LogP contribution in [-0.4, -0.2) is 53.6 Å². The van der Waals surface area contributed by atoms with Gasteiger partial charge in [0.15, 0.2) is 5.16 Å². The van der Waals surface area contributed by atoms with Crippen LogP contribution in [0.5, 0.6) is 0 Å². The van der Waals surface area contributed by atoms with E-state index in [-0.39, 0.29) is 0 Å². The van der Waals surface area contributed by atoms with Crippen molar-refractivity contribution in [2.24, 2.45) is 0 Å². The molecule has 0 amide bonds. The third kappa shape index (κ3) is 3.96. The fourth-order valence-corrected chi connectivity index (χ4v) is 3.01. The van der Waals surface area contributed by atoms with E-state index in [1.165, 1.54) is 0 Å². The van der Waals surface area contributed by atoms with Crippen LogP contribution in [0.15, 0.2) is 5.16 Å². The quantitative estimate of drug-likeness (QED) is 0.773. The predicted octanol–water partition coefficient (Wildman–Crippen LogP) is 2.03. The van der Waals surface area contributed by atoms with Crippen LogP contribution in [0.4, 0.5) is 11.9 Å². The lowest BCUT2D eigenvalue weighted by Gasteiger charge is -2.19. The number of nitrogens with zero attached hydrogens (tertiary/aromatic N) is 4. The van der Waals surface area contributed by atoms with Gasteiger partial charge in [-0.05, 0) is 26.7 Å². The van der Waals surface area contributed by atoms with Gasteiger partial charge < -0.3 is 15.0 Å². The van der Waals surface area contributed by atoms with E-state index in [2.05, 4.69) is 39.0 Å². The van der Waals surface area contributed by atoms with E-state index in [1.807, 2.05) is 7.05 Å². The summed E-state index contributed by atoms with van der Waals surface area (Å²) in [6.45, 7) is 6.87. The third-order valence-corrected chi connectivity index (χ3v) is 4.27. The van der Waals surface area contributed by atoms with Crippen LogP contribution >= 0.6 is 11.8 Å². The van der Waals surface area contributed by atoms with Gasteiger partial charge in [0.25, 0.3) is 0 Å². The van der Waals surface area contributed by atoms with Crippen molar-refractivity contribution < 1.29 is 4.74 Å². The number of aromatic nitrogens is 3. The molecule has 0 aromatic carbocycles. The van der Waals surface area contributed by atoms with E-state index in [0.717, 1.165) is 49.4 Å². The number of anilines is 2. The summed E-state index contributed by atoms with van der Waals surface area (Å²) >= 11 is 1.65. The van der Waals surface area contributed by atoms with E-state index in [9.17, 15) is 0 Å². The van der Waals surface area contributed by atoms with Gasteiger partial charge in [-0.15, -0.1) is 0 Å². The summed E-state index contributed by atoms with van der Waals surface area (Å²) in [7, 11) is 1.83. The molecule has 1 aromatic heterocycles. The van der Waals surface area contributed by atoms with Crippen LogP contribution in [0.3, 0.4) is 0 Å². The molecule has 1 N–H and O–H groups in total. The van der Waals surface area contributed by atoms with Crippen LogP contribution in [0.1, 0.15) is 26.7 Å². The summed E-state index contributed by atoms with van der Waals surface area (Å²) in [6, 6.07) is 0. The number of hydrogen-bond donors (Lipinski definition) is 1. The highest BCUT2D eigenvalue weighted by molar-refractivity contribution is 7.99. The van der Waals surface area contributed by atoms with Gasteiger partial charge in [0.2, 0.25) is 11.9 Å². The molecule has 20 heavy (non-hydrogen) atoms. The van der Waals surface area contributed by atoms with E-state index >= 15 is 0 Å². The number of nitrogens with one attached hydrogen (secondary N) is 1. The van der Waals surface area contributed by atoms with E-state index in [0.29, 0.717) is 12.1 Å². The van der Waals surface area contributed by atoms with Crippen molar-refractivity contribution in [3.05, 3.63) is 0 Å². The summed E-state index contributed by atoms with van der Waals surface area (Å²) in [4.78, 5) is 15.5. The molecular formula is C13H23N5OS. The topological polar surface area (TPSA) is 63.2 Å². The van der Waals surface area contributed by atoms with E-state index in [4.69, 9.17) is 4.74 Å². The van der Waals surface area contributed by atoms with Gasteiger partial charge >= 0.3 is 0 Å². The normalized spacial score (nSPS) is 18.2. The molecule has 2 rings (SSSR count). The first-order valence-electron chi connectivity index (χ1n) is 7.20. The molecule has 1 fully saturated rings. The maximum Gasteiger partial charge on any atom is 0.231 e. The number of rotatable bonds is 7. The standard InChI is InChI=1S/C13H23N5OS/c1-4-18(5-2)12-15-11(14-3)16-13(17-12)20-9-10-7-6-8-19-10/h10H,4-9H2,1-3H3,(H,14,15,16,17). The fraction of sp³-hybridized carbons (Fsp3) is 0.769. The molecule has 1 saturated heterocycles. The minimum atomic E-state index is 0.340. The van der Waals surface area contributed by atoms with Gasteiger partial charge in [0.05, 0.1) is 6.10 Å². The maximum atomic E-state index is 5.63. The lowest BCUT2D eigenvalue weighted by molar-refractivity contribution is 0.129. The average molecular weight is 297 g/mol. The molecule has 112 valence electrons. The van der Waals surface area contributed by atoms with Crippen LogP contribution < -0.4 is 10.2 Å². The second-order valence-corrected chi connectivity index (χ2v) is 5.60. The van der Waals surface area contributed by atoms with Gasteiger partial charge in [-0.2, -0.15) is 15.0 Å². The zero-order valence-corrected chi connectivity index (χ0v) is 13.2. The first-order chi connectivity index (χ1) is 9.76. The molecule has 2 heterocycles. The Morgan fingerprint density at radius 1 is 1.30 bits per heavy atom. The minimum Gasteiger partial charge on any atom is -0.377 e. The van der Waals surface area contributed by atoms with Gasteiger partial charge in [-0.25, -0.2) is 0 Å². The van der Waals surface area contributed by atoms with Crippen LogP contribution in [-0.2, 0) is 4.74 Å². The Morgan fingerprint density at radius 3 is 2.70 bits per heavy atom. The molecule has 7 heteroatoms. The van der Waals surface area contributed by atoms with Crippen LogP contribution in [0, 0.1) is 0 Å². The molecular weight excluding hydrogens is 274 g/mol. The Kier molecular flexibility index (Phi) is 5.85. The van der Waals surface area contributed by atoms with Crippen molar-refractivity contribution in [2.75, 3.05) is 42.7 Å². The molecule has 1 aliphatic rings. The largest absolute Gasteiger partial charge is 0.377 e. The van der Waals surface area contributed by atoms with Crippen molar-refractivity contribution in [1.29, 1.82) is 0 Å². The molecule has 6 nitrogen and oxygen atoms in total. The number of thioether (sulfide) groups is 1. The molecule has 0 bridgehead atoms. The second-order valence-electron chi connectivity index (χ2n) is 4.61. The van der Waals surface area contributed by atoms with E-state index in [1.54, 1.807) is 11.8 Å². The van der Waals surface area contributed by atoms with Crippen molar-refractivity contribution >= 4 is 23.7 Å². The Bertz CT molecular complexity index is 421. The van der Waals surface area contributed by atoms with Crippen molar-refractivity contribution in [1.82, 2.24) is 15.0 Å². The van der Waals surface area contributed by atoms with Crippen LogP contribution in [0.25, 0.3) is 0 Å². The molecule has 0 aliphatic carbocycles. The summed E-state index contributed by atoms with van der Waals surface area (Å²) in [5, 5.41) is 3.77. The first-order valence-corrected chi connectivity index (χ1v) is 8.18.